The van der Waals surface area contributed by atoms with Gasteiger partial charge in [0.25, 0.3) is 0 Å². The molecule has 0 saturated heterocycles. The van der Waals surface area contributed by atoms with Crippen molar-refractivity contribution in [3.05, 3.63) is 79.3 Å². The van der Waals surface area contributed by atoms with Crippen LogP contribution in [0.15, 0.2) is 72.9 Å². The van der Waals surface area contributed by atoms with Gasteiger partial charge in [-0.05, 0) is 38.5 Å². The lowest BCUT2D eigenvalue weighted by molar-refractivity contribution is -0.136. The molecule has 0 heterocycles. The Morgan fingerprint density at radius 2 is 1.56 bits per heavy atom. The third kappa shape index (κ3) is 19.8. The molecule has 137 valence electrons. The quantitative estimate of drug-likeness (QED) is 0.254. The molecule has 3 nitrogen and oxygen atoms in total. The van der Waals surface area contributed by atoms with Crippen molar-refractivity contribution in [2.75, 3.05) is 0 Å². The molecule has 0 rings (SSSR count). The smallest absolute Gasteiger partial charge is 0.303 e. The number of aliphatic carboxylic acids is 1. The Hall–Kier alpha value is -2.13. The molecule has 1 atom stereocenters. The van der Waals surface area contributed by atoms with Gasteiger partial charge in [0.05, 0.1) is 6.10 Å². The van der Waals surface area contributed by atoms with Crippen LogP contribution in [0.4, 0.5) is 0 Å². The second-order valence-corrected chi connectivity index (χ2v) is 5.42. The number of hydrogen-bond acceptors (Lipinski definition) is 2. The predicted octanol–water partition coefficient (Wildman–Crippen LogP) is 5.33. The standard InChI is InChI=1S/C22H31O3/c1-2-3-15-18-21(23)19-16-13-11-9-7-5-4-6-8-10-12-14-17-20-22(24)25/h3,5-8,10-16,19,21,23H,2,4,9,17-18,20H2,1H3,(H,24,25)/b7-5-,8-6-,12-10+,13-11-,15-3-,19-16+/t21-/m1/s1. The fourth-order valence-corrected chi connectivity index (χ4v) is 1.78. The van der Waals surface area contributed by atoms with E-state index in [9.17, 15) is 9.90 Å². The van der Waals surface area contributed by atoms with Gasteiger partial charge < -0.3 is 10.2 Å². The molecule has 0 saturated carbocycles. The maximum atomic E-state index is 10.3. The molecule has 0 aromatic heterocycles. The number of carbonyl (C=O) groups is 1. The number of unbranched alkanes of at least 4 members (excludes halogenated alkanes) is 1. The third-order valence-corrected chi connectivity index (χ3v) is 3.09. The molecule has 25 heavy (non-hydrogen) atoms. The van der Waals surface area contributed by atoms with Gasteiger partial charge in [-0.3, -0.25) is 4.79 Å². The molecule has 1 radical (unpaired) electrons. The summed E-state index contributed by atoms with van der Waals surface area (Å²) in [6, 6.07) is 0. The summed E-state index contributed by atoms with van der Waals surface area (Å²) in [4.78, 5) is 10.3. The van der Waals surface area contributed by atoms with Gasteiger partial charge in [-0.2, -0.15) is 0 Å². The first-order chi connectivity index (χ1) is 12.2. The zero-order chi connectivity index (χ0) is 18.6. The molecule has 3 heteroatoms. The summed E-state index contributed by atoms with van der Waals surface area (Å²) in [5.74, 6) is -0.768. The lowest BCUT2D eigenvalue weighted by Crippen LogP contribution is -1.98. The number of aliphatic hydroxyl groups is 1. The van der Waals surface area contributed by atoms with Crippen LogP contribution >= 0.6 is 0 Å². The molecule has 0 amide bonds. The van der Waals surface area contributed by atoms with Crippen LogP contribution in [-0.2, 0) is 4.79 Å². The van der Waals surface area contributed by atoms with E-state index in [1.807, 2.05) is 55.0 Å². The van der Waals surface area contributed by atoms with Crippen LogP contribution in [0.25, 0.3) is 0 Å². The van der Waals surface area contributed by atoms with Crippen LogP contribution in [0.5, 0.6) is 0 Å². The number of carboxylic acid groups (broad SMARTS) is 1. The second kappa shape index (κ2) is 18.2. The van der Waals surface area contributed by atoms with E-state index in [2.05, 4.69) is 25.2 Å². The normalized spacial score (nSPS) is 14.3. The molecule has 0 bridgehead atoms. The van der Waals surface area contributed by atoms with Crippen LogP contribution in [0.3, 0.4) is 0 Å². The lowest BCUT2D eigenvalue weighted by Gasteiger charge is -1.98. The summed E-state index contributed by atoms with van der Waals surface area (Å²) in [5.41, 5.74) is 0. The summed E-state index contributed by atoms with van der Waals surface area (Å²) >= 11 is 0. The zero-order valence-corrected chi connectivity index (χ0v) is 15.1. The van der Waals surface area contributed by atoms with E-state index in [1.54, 1.807) is 6.08 Å². The summed E-state index contributed by atoms with van der Waals surface area (Å²) in [6.45, 7) is 2.07. The topological polar surface area (TPSA) is 57.5 Å². The predicted molar refractivity (Wildman–Crippen MR) is 106 cm³/mol. The molecular weight excluding hydrogens is 312 g/mol. The fourth-order valence-electron chi connectivity index (χ4n) is 1.78. The van der Waals surface area contributed by atoms with E-state index in [-0.39, 0.29) is 6.42 Å². The highest BCUT2D eigenvalue weighted by atomic mass is 16.4. The molecule has 0 aromatic carbocycles. The van der Waals surface area contributed by atoms with Gasteiger partial charge >= 0.3 is 5.97 Å². The molecule has 0 spiro atoms. The first-order valence-electron chi connectivity index (χ1n) is 8.85. The Kier molecular flexibility index (Phi) is 16.7. The molecule has 0 aliphatic heterocycles. The van der Waals surface area contributed by atoms with Gasteiger partial charge in [-0.15, -0.1) is 0 Å². The molecule has 0 aromatic rings. The van der Waals surface area contributed by atoms with Crippen LogP contribution in [-0.4, -0.2) is 22.3 Å². The van der Waals surface area contributed by atoms with E-state index in [4.69, 9.17) is 5.11 Å². The van der Waals surface area contributed by atoms with E-state index < -0.39 is 12.1 Å². The maximum Gasteiger partial charge on any atom is 0.303 e. The third-order valence-electron chi connectivity index (χ3n) is 3.09. The number of allylic oxidation sites excluding steroid dienone is 10. The zero-order valence-electron chi connectivity index (χ0n) is 15.1. The van der Waals surface area contributed by atoms with Crippen LogP contribution in [0, 0.1) is 6.42 Å². The van der Waals surface area contributed by atoms with Crippen molar-refractivity contribution in [2.45, 2.75) is 51.6 Å². The lowest BCUT2D eigenvalue weighted by atomic mass is 10.2. The van der Waals surface area contributed by atoms with Crippen LogP contribution in [0.2, 0.25) is 0 Å². The van der Waals surface area contributed by atoms with Crippen molar-refractivity contribution in [3.8, 4) is 0 Å². The van der Waals surface area contributed by atoms with E-state index >= 15 is 0 Å². The highest BCUT2D eigenvalue weighted by molar-refractivity contribution is 5.66. The van der Waals surface area contributed by atoms with Gasteiger partial charge in [0.2, 0.25) is 0 Å². The van der Waals surface area contributed by atoms with Crippen LogP contribution < -0.4 is 0 Å². The first-order valence-corrected chi connectivity index (χ1v) is 8.85. The highest BCUT2D eigenvalue weighted by Crippen LogP contribution is 1.98. The van der Waals surface area contributed by atoms with E-state index in [1.165, 1.54) is 0 Å². The summed E-state index contributed by atoms with van der Waals surface area (Å²) in [5, 5.41) is 18.1. The molecule has 0 aliphatic rings. The van der Waals surface area contributed by atoms with Gasteiger partial charge in [-0.25, -0.2) is 0 Å². The van der Waals surface area contributed by atoms with E-state index in [0.29, 0.717) is 12.8 Å². The van der Waals surface area contributed by atoms with Crippen molar-refractivity contribution in [3.63, 3.8) is 0 Å². The number of rotatable bonds is 14. The minimum Gasteiger partial charge on any atom is -0.481 e. The van der Waals surface area contributed by atoms with Gasteiger partial charge in [0, 0.05) is 6.42 Å². The second-order valence-electron chi connectivity index (χ2n) is 5.42. The Morgan fingerprint density at radius 3 is 2.20 bits per heavy atom. The Bertz CT molecular complexity index is 493. The van der Waals surface area contributed by atoms with Crippen molar-refractivity contribution in [2.24, 2.45) is 0 Å². The summed E-state index contributed by atoms with van der Waals surface area (Å²) in [7, 11) is 0. The molecule has 0 aliphatic carbocycles. The Balaban J connectivity index is 3.67. The monoisotopic (exact) mass is 343 g/mol. The maximum absolute atomic E-state index is 10.3. The van der Waals surface area contributed by atoms with Crippen molar-refractivity contribution in [1.29, 1.82) is 0 Å². The van der Waals surface area contributed by atoms with Crippen molar-refractivity contribution < 1.29 is 15.0 Å². The van der Waals surface area contributed by atoms with Gasteiger partial charge in [0.1, 0.15) is 0 Å². The van der Waals surface area contributed by atoms with Gasteiger partial charge in [-0.1, -0.05) is 79.8 Å². The largest absolute Gasteiger partial charge is 0.481 e. The highest BCUT2D eigenvalue weighted by Gasteiger charge is 1.93. The number of aliphatic hydroxyl groups excluding tert-OH is 1. The Labute approximate surface area is 152 Å². The van der Waals surface area contributed by atoms with Crippen molar-refractivity contribution >= 4 is 5.97 Å². The molecule has 0 fully saturated rings. The average Bonchev–Trinajstić information content (AvgIpc) is 2.58. The Morgan fingerprint density at radius 1 is 0.880 bits per heavy atom. The molecule has 0 unspecified atom stereocenters. The molecular formula is C22H31O3. The number of hydrogen-bond donors (Lipinski definition) is 2. The van der Waals surface area contributed by atoms with Gasteiger partial charge in [0.15, 0.2) is 0 Å². The number of carboxylic acids is 1. The fraction of sp³-hybridized carbons (Fsp3) is 0.364. The SMILES string of the molecule is CC/C=C\C[C@@H](O)/C=C/C=C\C/C=C\C/C=C\C=C\[CH]CCC(=O)O. The minimum absolute atomic E-state index is 0.175. The van der Waals surface area contributed by atoms with Crippen LogP contribution in [0.1, 0.15) is 45.4 Å². The summed E-state index contributed by atoms with van der Waals surface area (Å²) in [6.07, 6.45) is 29.2. The van der Waals surface area contributed by atoms with Crippen molar-refractivity contribution in [1.82, 2.24) is 0 Å². The van der Waals surface area contributed by atoms with E-state index in [0.717, 1.165) is 19.3 Å². The summed E-state index contributed by atoms with van der Waals surface area (Å²) < 4.78 is 0. The first kappa shape index (κ1) is 22.9. The average molecular weight is 343 g/mol. The minimum atomic E-state index is -0.768. The molecule has 2 N–H and O–H groups in total.